The van der Waals surface area contributed by atoms with Crippen LogP contribution in [0.1, 0.15) is 4.88 Å². The van der Waals surface area contributed by atoms with Crippen LogP contribution < -0.4 is 10.6 Å². The minimum atomic E-state index is 0.578. The van der Waals surface area contributed by atoms with Crippen molar-refractivity contribution in [2.24, 2.45) is 0 Å². The number of thiophene rings is 1. The Kier molecular flexibility index (Phi) is 4.63. The summed E-state index contributed by atoms with van der Waals surface area (Å²) < 4.78 is 1.04. The second kappa shape index (κ2) is 7.21. The molecule has 0 amide bonds. The molecule has 6 heteroatoms. The van der Waals surface area contributed by atoms with Crippen LogP contribution in [0, 0.1) is 0 Å². The van der Waals surface area contributed by atoms with Gasteiger partial charge >= 0.3 is 0 Å². The lowest BCUT2D eigenvalue weighted by atomic mass is 10.2. The second-order valence-corrected chi connectivity index (χ2v) is 7.43. The highest BCUT2D eigenvalue weighted by molar-refractivity contribution is 9.10. The van der Waals surface area contributed by atoms with Crippen molar-refractivity contribution < 1.29 is 0 Å². The number of para-hydroxylation sites is 1. The molecule has 0 atom stereocenters. The van der Waals surface area contributed by atoms with Crippen LogP contribution in [-0.4, -0.2) is 9.97 Å². The highest BCUT2D eigenvalue weighted by atomic mass is 79.9. The minimum absolute atomic E-state index is 0.578. The molecule has 0 saturated carbocycles. The fourth-order valence-electron chi connectivity index (χ4n) is 2.51. The average Bonchev–Trinajstić information content (AvgIpc) is 3.15. The van der Waals surface area contributed by atoms with Crippen molar-refractivity contribution >= 4 is 55.6 Å². The molecule has 0 aliphatic carbocycles. The number of benzene rings is 2. The summed E-state index contributed by atoms with van der Waals surface area (Å²) in [5.74, 6) is 1.41. The highest BCUT2D eigenvalue weighted by Crippen LogP contribution is 2.25. The van der Waals surface area contributed by atoms with Gasteiger partial charge in [-0.1, -0.05) is 34.1 Å². The van der Waals surface area contributed by atoms with Gasteiger partial charge in [-0.05, 0) is 47.8 Å². The number of anilines is 3. The van der Waals surface area contributed by atoms with E-state index >= 15 is 0 Å². The van der Waals surface area contributed by atoms with Gasteiger partial charge < -0.3 is 10.6 Å². The number of aromatic nitrogens is 2. The van der Waals surface area contributed by atoms with Crippen molar-refractivity contribution in [3.8, 4) is 0 Å². The number of fused-ring (bicyclic) bond motifs is 1. The Labute approximate surface area is 158 Å². The molecule has 0 unspecified atom stereocenters. The summed E-state index contributed by atoms with van der Waals surface area (Å²) in [6, 6.07) is 20.1. The summed E-state index contributed by atoms with van der Waals surface area (Å²) >= 11 is 5.18. The smallest absolute Gasteiger partial charge is 0.229 e. The first-order chi connectivity index (χ1) is 12.3. The molecule has 2 N–H and O–H groups in total. The number of nitrogens with one attached hydrogen (secondary N) is 2. The minimum Gasteiger partial charge on any atom is -0.364 e. The molecule has 0 saturated heterocycles. The van der Waals surface area contributed by atoms with Gasteiger partial charge in [-0.25, -0.2) is 4.98 Å². The Morgan fingerprint density at radius 3 is 2.56 bits per heavy atom. The number of halogens is 1. The summed E-state index contributed by atoms with van der Waals surface area (Å²) in [6.45, 7) is 0.746. The van der Waals surface area contributed by atoms with Gasteiger partial charge in [0.25, 0.3) is 0 Å². The third kappa shape index (κ3) is 3.81. The fourth-order valence-corrected chi connectivity index (χ4v) is 3.42. The van der Waals surface area contributed by atoms with E-state index < -0.39 is 0 Å². The molecule has 0 fully saturated rings. The van der Waals surface area contributed by atoms with Crippen molar-refractivity contribution in [2.75, 3.05) is 10.6 Å². The maximum Gasteiger partial charge on any atom is 0.229 e. The van der Waals surface area contributed by atoms with E-state index in [1.54, 1.807) is 11.3 Å². The van der Waals surface area contributed by atoms with Crippen LogP contribution >= 0.6 is 27.3 Å². The summed E-state index contributed by atoms with van der Waals surface area (Å²) in [4.78, 5) is 10.6. The first kappa shape index (κ1) is 16.1. The van der Waals surface area contributed by atoms with Crippen molar-refractivity contribution in [1.82, 2.24) is 9.97 Å². The lowest BCUT2D eigenvalue weighted by Crippen LogP contribution is -2.05. The monoisotopic (exact) mass is 410 g/mol. The van der Waals surface area contributed by atoms with Crippen molar-refractivity contribution in [1.29, 1.82) is 0 Å². The van der Waals surface area contributed by atoms with Gasteiger partial charge in [-0.15, -0.1) is 11.3 Å². The first-order valence-electron chi connectivity index (χ1n) is 7.83. The third-order valence-corrected chi connectivity index (χ3v) is 5.12. The van der Waals surface area contributed by atoms with Crippen LogP contribution in [0.3, 0.4) is 0 Å². The predicted octanol–water partition coefficient (Wildman–Crippen LogP) is 5.81. The van der Waals surface area contributed by atoms with E-state index in [2.05, 4.69) is 54.0 Å². The van der Waals surface area contributed by atoms with Gasteiger partial charge in [0.1, 0.15) is 5.82 Å². The number of hydrogen-bond acceptors (Lipinski definition) is 5. The fraction of sp³-hybridized carbons (Fsp3) is 0.0526. The van der Waals surface area contributed by atoms with Crippen LogP contribution in [0.5, 0.6) is 0 Å². The van der Waals surface area contributed by atoms with E-state index in [9.17, 15) is 0 Å². The third-order valence-electron chi connectivity index (χ3n) is 3.71. The first-order valence-corrected chi connectivity index (χ1v) is 9.51. The zero-order chi connectivity index (χ0) is 17.1. The lowest BCUT2D eigenvalue weighted by molar-refractivity contribution is 1.13. The van der Waals surface area contributed by atoms with Gasteiger partial charge in [-0.2, -0.15) is 4.98 Å². The second-order valence-electron chi connectivity index (χ2n) is 5.48. The molecule has 4 nitrogen and oxygen atoms in total. The summed E-state index contributed by atoms with van der Waals surface area (Å²) in [7, 11) is 0. The molecule has 2 heterocycles. The number of hydrogen-bond donors (Lipinski definition) is 2. The summed E-state index contributed by atoms with van der Waals surface area (Å²) in [5, 5.41) is 9.81. The van der Waals surface area contributed by atoms with Crippen LogP contribution in [0.2, 0.25) is 0 Å². The molecule has 4 aromatic rings. The van der Waals surface area contributed by atoms with Gasteiger partial charge in [0.2, 0.25) is 5.95 Å². The van der Waals surface area contributed by atoms with Gasteiger partial charge in [0.15, 0.2) is 0 Å². The van der Waals surface area contributed by atoms with Crippen molar-refractivity contribution in [3.05, 3.63) is 75.4 Å². The zero-order valence-corrected chi connectivity index (χ0v) is 15.6. The van der Waals surface area contributed by atoms with Crippen molar-refractivity contribution in [2.45, 2.75) is 6.54 Å². The summed E-state index contributed by atoms with van der Waals surface area (Å²) in [6.07, 6.45) is 0. The molecule has 0 radical (unpaired) electrons. The molecule has 2 aromatic heterocycles. The maximum atomic E-state index is 4.68. The Morgan fingerprint density at radius 2 is 1.76 bits per heavy atom. The van der Waals surface area contributed by atoms with E-state index in [-0.39, 0.29) is 0 Å². The van der Waals surface area contributed by atoms with E-state index in [1.807, 2.05) is 48.5 Å². The molecule has 2 aromatic carbocycles. The van der Waals surface area contributed by atoms with Gasteiger partial charge in [0.05, 0.1) is 12.1 Å². The quantitative estimate of drug-likeness (QED) is 0.435. The largest absolute Gasteiger partial charge is 0.364 e. The van der Waals surface area contributed by atoms with Gasteiger partial charge in [-0.3, -0.25) is 0 Å². The SMILES string of the molecule is Brc1ccc(Nc2nc(NCc3cccs3)c3ccccc3n2)cc1. The normalized spacial score (nSPS) is 10.8. The van der Waals surface area contributed by atoms with E-state index in [4.69, 9.17) is 0 Å². The highest BCUT2D eigenvalue weighted by Gasteiger charge is 2.08. The van der Waals surface area contributed by atoms with Crippen LogP contribution in [0.25, 0.3) is 10.9 Å². The lowest BCUT2D eigenvalue weighted by Gasteiger charge is -2.11. The molecular weight excluding hydrogens is 396 g/mol. The van der Waals surface area contributed by atoms with E-state index in [1.165, 1.54) is 4.88 Å². The maximum absolute atomic E-state index is 4.68. The Bertz CT molecular complexity index is 984. The molecule has 0 aliphatic rings. The van der Waals surface area contributed by atoms with E-state index in [0.717, 1.165) is 33.4 Å². The van der Waals surface area contributed by atoms with Crippen LogP contribution in [-0.2, 0) is 6.54 Å². The Balaban J connectivity index is 1.66. The molecule has 25 heavy (non-hydrogen) atoms. The molecule has 4 rings (SSSR count). The number of rotatable bonds is 5. The van der Waals surface area contributed by atoms with Gasteiger partial charge in [0, 0.05) is 20.4 Å². The molecule has 124 valence electrons. The Morgan fingerprint density at radius 1 is 0.920 bits per heavy atom. The molecular formula is C19H15BrN4S. The zero-order valence-electron chi connectivity index (χ0n) is 13.2. The topological polar surface area (TPSA) is 49.8 Å². The molecule has 0 spiro atoms. The predicted molar refractivity (Wildman–Crippen MR) is 109 cm³/mol. The van der Waals surface area contributed by atoms with E-state index in [0.29, 0.717) is 5.95 Å². The van der Waals surface area contributed by atoms with Crippen molar-refractivity contribution in [3.63, 3.8) is 0 Å². The Hall–Kier alpha value is -2.44. The van der Waals surface area contributed by atoms with Crippen LogP contribution in [0.4, 0.5) is 17.5 Å². The van der Waals surface area contributed by atoms with Crippen LogP contribution in [0.15, 0.2) is 70.5 Å². The summed E-state index contributed by atoms with van der Waals surface area (Å²) in [5.41, 5.74) is 1.86. The number of nitrogens with zero attached hydrogens (tertiary/aromatic N) is 2. The molecule has 0 bridgehead atoms. The average molecular weight is 411 g/mol. The molecule has 0 aliphatic heterocycles. The standard InChI is InChI=1S/C19H15BrN4S/c20-13-7-9-14(10-8-13)22-19-23-17-6-2-1-5-16(17)18(24-19)21-12-15-4-3-11-25-15/h1-11H,12H2,(H2,21,22,23,24).